The highest BCUT2D eigenvalue weighted by molar-refractivity contribution is 5.97. The summed E-state index contributed by atoms with van der Waals surface area (Å²) in [6, 6.07) is 5.18. The molecule has 1 aromatic carbocycles. The van der Waals surface area contributed by atoms with Crippen LogP contribution in [0, 0.1) is 5.92 Å². The van der Waals surface area contributed by atoms with Gasteiger partial charge in [0.1, 0.15) is 0 Å². The van der Waals surface area contributed by atoms with Crippen molar-refractivity contribution < 1.29 is 14.3 Å². The van der Waals surface area contributed by atoms with Crippen LogP contribution in [0.3, 0.4) is 0 Å². The number of carbonyl (C=O) groups excluding carboxylic acids is 2. The molecule has 0 radical (unpaired) electrons. The van der Waals surface area contributed by atoms with Gasteiger partial charge in [-0.2, -0.15) is 0 Å². The van der Waals surface area contributed by atoms with Crippen LogP contribution < -0.4 is 10.6 Å². The Kier molecular flexibility index (Phi) is 7.40. The molecule has 0 saturated heterocycles. The molecule has 0 aliphatic heterocycles. The van der Waals surface area contributed by atoms with Crippen molar-refractivity contribution in [2.45, 2.75) is 40.0 Å². The highest BCUT2D eigenvalue weighted by atomic mass is 16.5. The number of amides is 2. The van der Waals surface area contributed by atoms with E-state index in [0.717, 1.165) is 19.3 Å². The standard InChI is InChI=1S/C20H28N4O3/c1-13(2)6-5-7-14(3)10-11-21-18(25)15-8-9-16-17(12-15)23-19(22-16)24-20(26)27-4/h6,8-9,12,14H,5,7,10-11H2,1-4H3,(H,21,25)(H2,22,23,24,26). The number of H-pyrrole nitrogens is 1. The number of allylic oxidation sites excluding steroid dienone is 2. The monoisotopic (exact) mass is 372 g/mol. The second-order valence-corrected chi connectivity index (χ2v) is 6.94. The van der Waals surface area contributed by atoms with Crippen molar-refractivity contribution in [2.75, 3.05) is 19.0 Å². The van der Waals surface area contributed by atoms with Crippen molar-refractivity contribution >= 4 is 29.0 Å². The largest absolute Gasteiger partial charge is 0.453 e. The Balaban J connectivity index is 1.87. The summed E-state index contributed by atoms with van der Waals surface area (Å²) in [7, 11) is 1.28. The summed E-state index contributed by atoms with van der Waals surface area (Å²) in [5.74, 6) is 0.716. The number of hydrogen-bond acceptors (Lipinski definition) is 4. The van der Waals surface area contributed by atoms with Gasteiger partial charge in [-0.15, -0.1) is 0 Å². The van der Waals surface area contributed by atoms with Crippen LogP contribution in [0.4, 0.5) is 10.7 Å². The third kappa shape index (κ3) is 6.44. The first-order valence-electron chi connectivity index (χ1n) is 9.15. The normalized spacial score (nSPS) is 11.7. The third-order valence-electron chi connectivity index (χ3n) is 4.28. The molecule has 1 aromatic heterocycles. The lowest BCUT2D eigenvalue weighted by Gasteiger charge is -2.11. The number of rotatable bonds is 8. The lowest BCUT2D eigenvalue weighted by atomic mass is 10.0. The number of benzene rings is 1. The van der Waals surface area contributed by atoms with Crippen molar-refractivity contribution in [3.05, 3.63) is 35.4 Å². The maximum Gasteiger partial charge on any atom is 0.413 e. The Morgan fingerprint density at radius 2 is 2.07 bits per heavy atom. The number of nitrogens with zero attached hydrogens (tertiary/aromatic N) is 1. The van der Waals surface area contributed by atoms with E-state index in [1.165, 1.54) is 12.7 Å². The van der Waals surface area contributed by atoms with Crippen molar-refractivity contribution in [2.24, 2.45) is 5.92 Å². The van der Waals surface area contributed by atoms with E-state index < -0.39 is 6.09 Å². The molecule has 1 atom stereocenters. The maximum absolute atomic E-state index is 12.4. The SMILES string of the molecule is COC(=O)Nc1nc2ccc(C(=O)NCCC(C)CCC=C(C)C)cc2[nH]1. The Labute approximate surface area is 159 Å². The molecule has 0 saturated carbocycles. The van der Waals surface area contributed by atoms with E-state index in [1.54, 1.807) is 18.2 Å². The average molecular weight is 372 g/mol. The van der Waals surface area contributed by atoms with Crippen molar-refractivity contribution in [3.63, 3.8) is 0 Å². The van der Waals surface area contributed by atoms with Crippen LogP contribution in [-0.4, -0.2) is 35.6 Å². The number of aromatic nitrogens is 2. The predicted octanol–water partition coefficient (Wildman–Crippen LogP) is 4.24. The van der Waals surface area contributed by atoms with Gasteiger partial charge in [0.05, 0.1) is 18.1 Å². The number of aromatic amines is 1. The fourth-order valence-corrected chi connectivity index (χ4v) is 2.69. The predicted molar refractivity (Wildman–Crippen MR) is 107 cm³/mol. The lowest BCUT2D eigenvalue weighted by Crippen LogP contribution is -2.25. The van der Waals surface area contributed by atoms with Crippen LogP contribution in [0.2, 0.25) is 0 Å². The van der Waals surface area contributed by atoms with Gasteiger partial charge in [-0.05, 0) is 57.2 Å². The molecule has 146 valence electrons. The molecule has 2 amide bonds. The number of ether oxygens (including phenoxy) is 1. The van der Waals surface area contributed by atoms with Gasteiger partial charge in [0.2, 0.25) is 5.95 Å². The second kappa shape index (κ2) is 9.75. The van der Waals surface area contributed by atoms with Gasteiger partial charge in [-0.3, -0.25) is 10.1 Å². The second-order valence-electron chi connectivity index (χ2n) is 6.94. The van der Waals surface area contributed by atoms with Gasteiger partial charge in [0, 0.05) is 12.1 Å². The molecule has 0 spiro atoms. The van der Waals surface area contributed by atoms with Crippen LogP contribution in [0.5, 0.6) is 0 Å². The molecule has 0 fully saturated rings. The number of carbonyl (C=O) groups is 2. The highest BCUT2D eigenvalue weighted by Crippen LogP contribution is 2.17. The zero-order chi connectivity index (χ0) is 19.8. The van der Waals surface area contributed by atoms with Crippen molar-refractivity contribution in [1.82, 2.24) is 15.3 Å². The summed E-state index contributed by atoms with van der Waals surface area (Å²) in [5.41, 5.74) is 3.22. The first-order valence-corrected chi connectivity index (χ1v) is 9.15. The molecule has 0 aliphatic carbocycles. The zero-order valence-electron chi connectivity index (χ0n) is 16.4. The minimum Gasteiger partial charge on any atom is -0.453 e. The van der Waals surface area contributed by atoms with Gasteiger partial charge in [-0.25, -0.2) is 9.78 Å². The smallest absolute Gasteiger partial charge is 0.413 e. The molecule has 2 aromatic rings. The van der Waals surface area contributed by atoms with Gasteiger partial charge in [0.15, 0.2) is 0 Å². The quantitative estimate of drug-likeness (QED) is 0.604. The molecule has 7 nitrogen and oxygen atoms in total. The molecule has 2 rings (SSSR count). The molecule has 1 unspecified atom stereocenters. The van der Waals surface area contributed by atoms with Crippen molar-refractivity contribution in [1.29, 1.82) is 0 Å². The van der Waals surface area contributed by atoms with Gasteiger partial charge in [0.25, 0.3) is 5.91 Å². The lowest BCUT2D eigenvalue weighted by molar-refractivity contribution is 0.0951. The topological polar surface area (TPSA) is 96.1 Å². The van der Waals surface area contributed by atoms with E-state index in [4.69, 9.17) is 0 Å². The minimum atomic E-state index is -0.606. The van der Waals surface area contributed by atoms with Crippen LogP contribution in [0.15, 0.2) is 29.8 Å². The number of methoxy groups -OCH3 is 1. The Bertz CT molecular complexity index is 822. The van der Waals surface area contributed by atoms with E-state index in [0.29, 0.717) is 29.1 Å². The molecule has 1 heterocycles. The molecular formula is C20H28N4O3. The van der Waals surface area contributed by atoms with E-state index >= 15 is 0 Å². The molecule has 0 aliphatic rings. The Hall–Kier alpha value is -2.83. The van der Waals surface area contributed by atoms with Crippen molar-refractivity contribution in [3.8, 4) is 0 Å². The zero-order valence-corrected chi connectivity index (χ0v) is 16.4. The Morgan fingerprint density at radius 3 is 2.78 bits per heavy atom. The molecule has 0 bridgehead atoms. The third-order valence-corrected chi connectivity index (χ3v) is 4.28. The average Bonchev–Trinajstić information content (AvgIpc) is 3.02. The van der Waals surface area contributed by atoms with Crippen LogP contribution in [-0.2, 0) is 4.74 Å². The van der Waals surface area contributed by atoms with Gasteiger partial charge >= 0.3 is 6.09 Å². The minimum absolute atomic E-state index is 0.120. The van der Waals surface area contributed by atoms with E-state index in [-0.39, 0.29) is 11.9 Å². The summed E-state index contributed by atoms with van der Waals surface area (Å²) in [6.07, 6.45) is 4.79. The molecule has 27 heavy (non-hydrogen) atoms. The summed E-state index contributed by atoms with van der Waals surface area (Å²) < 4.78 is 4.53. The Morgan fingerprint density at radius 1 is 1.30 bits per heavy atom. The van der Waals surface area contributed by atoms with Crippen LogP contribution in [0.1, 0.15) is 50.4 Å². The number of hydrogen-bond donors (Lipinski definition) is 3. The number of fused-ring (bicyclic) bond motifs is 1. The van der Waals surface area contributed by atoms with Gasteiger partial charge < -0.3 is 15.0 Å². The van der Waals surface area contributed by atoms with E-state index in [9.17, 15) is 9.59 Å². The van der Waals surface area contributed by atoms with Crippen LogP contribution >= 0.6 is 0 Å². The fraction of sp³-hybridized carbons (Fsp3) is 0.450. The summed E-state index contributed by atoms with van der Waals surface area (Å²) >= 11 is 0. The highest BCUT2D eigenvalue weighted by Gasteiger charge is 2.11. The first-order chi connectivity index (χ1) is 12.9. The number of imidazole rings is 1. The summed E-state index contributed by atoms with van der Waals surface area (Å²) in [5, 5.41) is 5.43. The molecular weight excluding hydrogens is 344 g/mol. The molecule has 7 heteroatoms. The fourth-order valence-electron chi connectivity index (χ4n) is 2.69. The maximum atomic E-state index is 12.4. The van der Waals surface area contributed by atoms with Crippen LogP contribution in [0.25, 0.3) is 11.0 Å². The molecule has 3 N–H and O–H groups in total. The first kappa shape index (κ1) is 20.5. The van der Waals surface area contributed by atoms with E-state index in [2.05, 4.69) is 52.2 Å². The van der Waals surface area contributed by atoms with E-state index in [1.807, 2.05) is 0 Å². The van der Waals surface area contributed by atoms with Gasteiger partial charge in [-0.1, -0.05) is 18.6 Å². The summed E-state index contributed by atoms with van der Waals surface area (Å²) in [6.45, 7) is 7.06. The number of anilines is 1. The number of nitrogens with one attached hydrogen (secondary N) is 3. The summed E-state index contributed by atoms with van der Waals surface area (Å²) in [4.78, 5) is 30.8.